The molecule has 2 heteroatoms. The first kappa shape index (κ1) is 14.3. The fourth-order valence-corrected chi connectivity index (χ4v) is 4.39. The van der Waals surface area contributed by atoms with Crippen molar-refractivity contribution >= 4 is 0 Å². The molecule has 0 radical (unpaired) electrons. The molecule has 3 unspecified atom stereocenters. The van der Waals surface area contributed by atoms with Crippen LogP contribution < -0.4 is 5.32 Å². The van der Waals surface area contributed by atoms with E-state index < -0.39 is 0 Å². The first-order valence-corrected chi connectivity index (χ1v) is 7.98. The quantitative estimate of drug-likeness (QED) is 0.826. The second-order valence-electron chi connectivity index (χ2n) is 7.45. The van der Waals surface area contributed by atoms with Crippen molar-refractivity contribution in [3.05, 3.63) is 0 Å². The smallest absolute Gasteiger partial charge is 0.0235 e. The summed E-state index contributed by atoms with van der Waals surface area (Å²) in [6, 6.07) is 1.63. The highest BCUT2D eigenvalue weighted by Gasteiger charge is 2.37. The molecule has 0 amide bonds. The second kappa shape index (κ2) is 5.92. The summed E-state index contributed by atoms with van der Waals surface area (Å²) < 4.78 is 0. The number of hydrogen-bond acceptors (Lipinski definition) is 2. The molecule has 18 heavy (non-hydrogen) atoms. The Balaban J connectivity index is 2.04. The van der Waals surface area contributed by atoms with Gasteiger partial charge in [-0.2, -0.15) is 0 Å². The lowest BCUT2D eigenvalue weighted by Crippen LogP contribution is -2.49. The zero-order valence-corrected chi connectivity index (χ0v) is 12.8. The molecule has 2 fully saturated rings. The fourth-order valence-electron chi connectivity index (χ4n) is 4.39. The van der Waals surface area contributed by atoms with Crippen LogP contribution in [0.15, 0.2) is 0 Å². The normalized spacial score (nSPS) is 36.2. The highest BCUT2D eigenvalue weighted by atomic mass is 15.2. The number of nitrogens with zero attached hydrogens (tertiary/aromatic N) is 1. The van der Waals surface area contributed by atoms with Crippen LogP contribution in [0.25, 0.3) is 0 Å². The van der Waals surface area contributed by atoms with E-state index in [1.165, 1.54) is 51.7 Å². The lowest BCUT2D eigenvalue weighted by atomic mass is 9.70. The average molecular weight is 252 g/mol. The highest BCUT2D eigenvalue weighted by Crippen LogP contribution is 2.41. The lowest BCUT2D eigenvalue weighted by molar-refractivity contribution is 0.0436. The van der Waals surface area contributed by atoms with Crippen LogP contribution in [0.2, 0.25) is 0 Å². The molecule has 1 N–H and O–H groups in total. The van der Waals surface area contributed by atoms with Crippen LogP contribution in [0.5, 0.6) is 0 Å². The molecule has 0 aromatic carbocycles. The van der Waals surface area contributed by atoms with Crippen LogP contribution in [0.4, 0.5) is 0 Å². The number of hydrogen-bond donors (Lipinski definition) is 1. The third-order valence-electron chi connectivity index (χ3n) is 4.82. The van der Waals surface area contributed by atoms with Crippen molar-refractivity contribution in [2.75, 3.05) is 19.6 Å². The van der Waals surface area contributed by atoms with E-state index in [1.54, 1.807) is 0 Å². The predicted molar refractivity (Wildman–Crippen MR) is 78.9 cm³/mol. The van der Waals surface area contributed by atoms with E-state index in [9.17, 15) is 0 Å². The van der Waals surface area contributed by atoms with E-state index in [-0.39, 0.29) is 0 Å². The Hall–Kier alpha value is -0.0800. The van der Waals surface area contributed by atoms with Crippen LogP contribution >= 0.6 is 0 Å². The topological polar surface area (TPSA) is 15.3 Å². The molecule has 0 aromatic rings. The Bertz CT molecular complexity index is 256. The maximum Gasteiger partial charge on any atom is 0.0235 e. The molecule has 1 saturated heterocycles. The molecule has 1 heterocycles. The molecule has 1 aliphatic carbocycles. The van der Waals surface area contributed by atoms with Gasteiger partial charge in [0.2, 0.25) is 0 Å². The van der Waals surface area contributed by atoms with Gasteiger partial charge in [-0.15, -0.1) is 0 Å². The van der Waals surface area contributed by atoms with E-state index >= 15 is 0 Å². The second-order valence-corrected chi connectivity index (χ2v) is 7.45. The third kappa shape index (κ3) is 3.48. The van der Waals surface area contributed by atoms with Gasteiger partial charge >= 0.3 is 0 Å². The van der Waals surface area contributed by atoms with Crippen LogP contribution in [0.3, 0.4) is 0 Å². The molecule has 1 saturated carbocycles. The maximum atomic E-state index is 3.54. The summed E-state index contributed by atoms with van der Waals surface area (Å²) >= 11 is 0. The molecule has 2 nitrogen and oxygen atoms in total. The molecule has 2 rings (SSSR count). The Kier molecular flexibility index (Phi) is 4.71. The van der Waals surface area contributed by atoms with E-state index in [1.807, 2.05) is 0 Å². The summed E-state index contributed by atoms with van der Waals surface area (Å²) in [6.45, 7) is 13.4. The third-order valence-corrected chi connectivity index (χ3v) is 4.82. The first-order chi connectivity index (χ1) is 8.52. The largest absolute Gasteiger partial charge is 0.315 e. The van der Waals surface area contributed by atoms with Gasteiger partial charge in [-0.25, -0.2) is 0 Å². The summed E-state index contributed by atoms with van der Waals surface area (Å²) in [5.41, 5.74) is 0.542. The molecule has 106 valence electrons. The Morgan fingerprint density at radius 2 is 2.00 bits per heavy atom. The van der Waals surface area contributed by atoms with Crippen molar-refractivity contribution in [3.8, 4) is 0 Å². The summed E-state index contributed by atoms with van der Waals surface area (Å²) in [6.07, 6.45) is 6.87. The van der Waals surface area contributed by atoms with Gasteiger partial charge in [0, 0.05) is 18.6 Å². The van der Waals surface area contributed by atoms with Crippen molar-refractivity contribution in [2.45, 2.75) is 71.9 Å². The SMILES string of the molecule is CCCN(C1CCNC1)C1CC(C)CC(C)(C)C1. The Morgan fingerprint density at radius 3 is 2.56 bits per heavy atom. The maximum absolute atomic E-state index is 3.54. The summed E-state index contributed by atoms with van der Waals surface area (Å²) in [5.74, 6) is 0.896. The van der Waals surface area contributed by atoms with Gasteiger partial charge in [0.1, 0.15) is 0 Å². The van der Waals surface area contributed by atoms with Gasteiger partial charge in [-0.05, 0) is 56.5 Å². The van der Waals surface area contributed by atoms with Gasteiger partial charge in [0.25, 0.3) is 0 Å². The van der Waals surface area contributed by atoms with Crippen molar-refractivity contribution < 1.29 is 0 Å². The minimum absolute atomic E-state index is 0.542. The lowest BCUT2D eigenvalue weighted by Gasteiger charge is -2.46. The minimum Gasteiger partial charge on any atom is -0.315 e. The van der Waals surface area contributed by atoms with Crippen LogP contribution in [-0.2, 0) is 0 Å². The predicted octanol–water partition coefficient (Wildman–Crippen LogP) is 3.28. The van der Waals surface area contributed by atoms with E-state index in [0.29, 0.717) is 5.41 Å². The van der Waals surface area contributed by atoms with Gasteiger partial charge in [0.05, 0.1) is 0 Å². The fraction of sp³-hybridized carbons (Fsp3) is 1.00. The van der Waals surface area contributed by atoms with Crippen molar-refractivity contribution in [3.63, 3.8) is 0 Å². The van der Waals surface area contributed by atoms with Crippen LogP contribution in [0, 0.1) is 11.3 Å². The first-order valence-electron chi connectivity index (χ1n) is 7.98. The van der Waals surface area contributed by atoms with Crippen LogP contribution in [-0.4, -0.2) is 36.6 Å². The highest BCUT2D eigenvalue weighted by molar-refractivity contribution is 4.92. The summed E-state index contributed by atoms with van der Waals surface area (Å²) in [5, 5.41) is 3.54. The van der Waals surface area contributed by atoms with Crippen LogP contribution in [0.1, 0.15) is 59.8 Å². The Morgan fingerprint density at radius 1 is 1.22 bits per heavy atom. The zero-order chi connectivity index (χ0) is 13.2. The molecule has 1 aliphatic heterocycles. The molecule has 2 aliphatic rings. The summed E-state index contributed by atoms with van der Waals surface area (Å²) in [7, 11) is 0. The summed E-state index contributed by atoms with van der Waals surface area (Å²) in [4.78, 5) is 2.84. The van der Waals surface area contributed by atoms with Gasteiger partial charge in [-0.1, -0.05) is 27.7 Å². The van der Waals surface area contributed by atoms with E-state index in [4.69, 9.17) is 0 Å². The van der Waals surface area contributed by atoms with Gasteiger partial charge < -0.3 is 5.32 Å². The molecule has 3 atom stereocenters. The van der Waals surface area contributed by atoms with E-state index in [0.717, 1.165) is 18.0 Å². The minimum atomic E-state index is 0.542. The Labute approximate surface area is 114 Å². The van der Waals surface area contributed by atoms with Crippen molar-refractivity contribution in [2.24, 2.45) is 11.3 Å². The molecule has 0 aromatic heterocycles. The van der Waals surface area contributed by atoms with Gasteiger partial charge in [0.15, 0.2) is 0 Å². The molecule has 0 spiro atoms. The molecule has 0 bridgehead atoms. The molecular formula is C16H32N2. The number of rotatable bonds is 4. The monoisotopic (exact) mass is 252 g/mol. The van der Waals surface area contributed by atoms with Crippen molar-refractivity contribution in [1.82, 2.24) is 10.2 Å². The van der Waals surface area contributed by atoms with Crippen molar-refractivity contribution in [1.29, 1.82) is 0 Å². The zero-order valence-electron chi connectivity index (χ0n) is 12.8. The standard InChI is InChI=1S/C16H32N2/c1-5-8-18(14-6-7-17-12-14)15-9-13(2)10-16(3,4)11-15/h13-15,17H,5-12H2,1-4H3. The average Bonchev–Trinajstić information content (AvgIpc) is 2.75. The van der Waals surface area contributed by atoms with E-state index in [2.05, 4.69) is 37.9 Å². The number of nitrogens with one attached hydrogen (secondary N) is 1. The van der Waals surface area contributed by atoms with Gasteiger partial charge in [-0.3, -0.25) is 4.90 Å². The molecular weight excluding hydrogens is 220 g/mol.